The molecule has 1 N–H and O–H groups in total. The summed E-state index contributed by atoms with van der Waals surface area (Å²) in [5.41, 5.74) is 0. The molecule has 0 spiro atoms. The highest BCUT2D eigenvalue weighted by atomic mass is 32.1. The van der Waals surface area contributed by atoms with Crippen molar-refractivity contribution in [3.63, 3.8) is 0 Å². The van der Waals surface area contributed by atoms with Gasteiger partial charge < -0.3 is 9.84 Å². The number of aromatic nitrogens is 1. The Bertz CT molecular complexity index is 259. The second kappa shape index (κ2) is 3.43. The van der Waals surface area contributed by atoms with Gasteiger partial charge in [0.1, 0.15) is 5.76 Å². The van der Waals surface area contributed by atoms with E-state index in [9.17, 15) is 4.79 Å². The average Bonchev–Trinajstić information content (AvgIpc) is 2.35. The Kier molecular flexibility index (Phi) is 2.53. The Morgan fingerprint density at radius 2 is 2.64 bits per heavy atom. The quantitative estimate of drug-likeness (QED) is 0.650. The van der Waals surface area contributed by atoms with Crippen LogP contribution in [-0.2, 0) is 4.79 Å². The fourth-order valence-corrected chi connectivity index (χ4v) is 0.687. The Labute approximate surface area is 69.4 Å². The predicted molar refractivity (Wildman–Crippen MR) is 43.7 cm³/mol. The SMILES string of the molecule is Cc1cc(NC(=O)CS)no1. The number of carbonyl (C=O) groups is 1. The molecule has 0 aliphatic carbocycles. The summed E-state index contributed by atoms with van der Waals surface area (Å²) >= 11 is 3.78. The molecule has 0 saturated heterocycles. The summed E-state index contributed by atoms with van der Waals surface area (Å²) in [6, 6.07) is 1.64. The standard InChI is InChI=1S/C6H8N2O2S/c1-4-2-5(8-10-4)7-6(9)3-11/h2,11H,3H2,1H3,(H,7,8,9). The van der Waals surface area contributed by atoms with Crippen LogP contribution in [0.1, 0.15) is 5.76 Å². The van der Waals surface area contributed by atoms with Gasteiger partial charge in [0.25, 0.3) is 0 Å². The number of hydrogen-bond donors (Lipinski definition) is 2. The maximum absolute atomic E-state index is 10.7. The molecule has 1 amide bonds. The molecular formula is C6H8N2O2S. The maximum atomic E-state index is 10.7. The summed E-state index contributed by atoms with van der Waals surface area (Å²) in [7, 11) is 0. The van der Waals surface area contributed by atoms with Gasteiger partial charge >= 0.3 is 0 Å². The highest BCUT2D eigenvalue weighted by Gasteiger charge is 2.02. The maximum Gasteiger partial charge on any atom is 0.235 e. The van der Waals surface area contributed by atoms with Crippen molar-refractivity contribution in [2.24, 2.45) is 0 Å². The van der Waals surface area contributed by atoms with Gasteiger partial charge in [0, 0.05) is 6.07 Å². The summed E-state index contributed by atoms with van der Waals surface area (Å²) in [6.45, 7) is 1.75. The Morgan fingerprint density at radius 3 is 3.09 bits per heavy atom. The summed E-state index contributed by atoms with van der Waals surface area (Å²) in [6.07, 6.45) is 0. The summed E-state index contributed by atoms with van der Waals surface area (Å²) in [5, 5.41) is 6.06. The normalized spacial score (nSPS) is 9.64. The van der Waals surface area contributed by atoms with Crippen LogP contribution in [0.2, 0.25) is 0 Å². The Morgan fingerprint density at radius 1 is 1.91 bits per heavy atom. The largest absolute Gasteiger partial charge is 0.360 e. The van der Waals surface area contributed by atoms with Crippen LogP contribution in [0.4, 0.5) is 5.82 Å². The van der Waals surface area contributed by atoms with E-state index in [0.717, 1.165) is 0 Å². The minimum atomic E-state index is -0.193. The topological polar surface area (TPSA) is 55.1 Å². The number of rotatable bonds is 2. The number of thiol groups is 1. The van der Waals surface area contributed by atoms with Gasteiger partial charge in [-0.05, 0) is 6.92 Å². The molecule has 0 fully saturated rings. The minimum Gasteiger partial charge on any atom is -0.360 e. The van der Waals surface area contributed by atoms with Gasteiger partial charge in [-0.2, -0.15) is 12.6 Å². The molecule has 0 unspecified atom stereocenters. The lowest BCUT2D eigenvalue weighted by Gasteiger charge is -1.93. The molecule has 0 aliphatic heterocycles. The van der Waals surface area contributed by atoms with E-state index < -0.39 is 0 Å². The van der Waals surface area contributed by atoms with Crippen molar-refractivity contribution in [2.45, 2.75) is 6.92 Å². The lowest BCUT2D eigenvalue weighted by molar-refractivity contribution is -0.113. The second-order valence-corrected chi connectivity index (χ2v) is 2.35. The first-order chi connectivity index (χ1) is 5.22. The fraction of sp³-hybridized carbons (Fsp3) is 0.333. The summed E-state index contributed by atoms with van der Waals surface area (Å²) < 4.78 is 4.72. The van der Waals surface area contributed by atoms with E-state index in [2.05, 4.69) is 23.1 Å². The molecule has 11 heavy (non-hydrogen) atoms. The Balaban J connectivity index is 2.57. The van der Waals surface area contributed by atoms with Crippen molar-refractivity contribution in [1.29, 1.82) is 0 Å². The summed E-state index contributed by atoms with van der Waals surface area (Å²) in [5.74, 6) is 1.05. The van der Waals surface area contributed by atoms with Gasteiger partial charge in [-0.15, -0.1) is 0 Å². The zero-order valence-electron chi connectivity index (χ0n) is 6.00. The third-order valence-corrected chi connectivity index (χ3v) is 1.33. The molecule has 0 aliphatic rings. The first-order valence-corrected chi connectivity index (χ1v) is 3.69. The molecule has 0 atom stereocenters. The number of nitrogens with zero attached hydrogens (tertiary/aromatic N) is 1. The van der Waals surface area contributed by atoms with Crippen molar-refractivity contribution in [3.05, 3.63) is 11.8 Å². The van der Waals surface area contributed by atoms with Crippen molar-refractivity contribution in [2.75, 3.05) is 11.1 Å². The number of aryl methyl sites for hydroxylation is 1. The number of hydrogen-bond acceptors (Lipinski definition) is 4. The van der Waals surface area contributed by atoms with E-state index in [1.807, 2.05) is 0 Å². The van der Waals surface area contributed by atoms with Gasteiger partial charge in [-0.1, -0.05) is 5.16 Å². The van der Waals surface area contributed by atoms with Gasteiger partial charge in [-0.3, -0.25) is 4.79 Å². The third-order valence-electron chi connectivity index (χ3n) is 1.04. The fourth-order valence-electron chi connectivity index (χ4n) is 0.608. The van der Waals surface area contributed by atoms with E-state index in [-0.39, 0.29) is 11.7 Å². The van der Waals surface area contributed by atoms with Crippen LogP contribution in [0.5, 0.6) is 0 Å². The van der Waals surface area contributed by atoms with Crippen LogP contribution < -0.4 is 5.32 Å². The van der Waals surface area contributed by atoms with E-state index in [0.29, 0.717) is 11.6 Å². The molecule has 0 aromatic carbocycles. The number of anilines is 1. The molecule has 0 saturated carbocycles. The van der Waals surface area contributed by atoms with Crippen molar-refractivity contribution in [1.82, 2.24) is 5.16 Å². The molecular weight excluding hydrogens is 164 g/mol. The predicted octanol–water partition coefficient (Wildman–Crippen LogP) is 0.851. The van der Waals surface area contributed by atoms with Crippen LogP contribution in [0, 0.1) is 6.92 Å². The van der Waals surface area contributed by atoms with E-state index in [4.69, 9.17) is 4.52 Å². The highest BCUT2D eigenvalue weighted by molar-refractivity contribution is 7.81. The molecule has 0 radical (unpaired) electrons. The van der Waals surface area contributed by atoms with Gasteiger partial charge in [0.2, 0.25) is 5.91 Å². The lowest BCUT2D eigenvalue weighted by atomic mass is 10.5. The number of amides is 1. The molecule has 0 bridgehead atoms. The van der Waals surface area contributed by atoms with Crippen LogP contribution in [0.15, 0.2) is 10.6 Å². The molecule has 5 heteroatoms. The zero-order valence-corrected chi connectivity index (χ0v) is 6.89. The Hall–Kier alpha value is -0.970. The van der Waals surface area contributed by atoms with E-state index >= 15 is 0 Å². The van der Waals surface area contributed by atoms with Crippen LogP contribution in [0.25, 0.3) is 0 Å². The average molecular weight is 172 g/mol. The first kappa shape index (κ1) is 8.13. The molecule has 60 valence electrons. The van der Waals surface area contributed by atoms with Crippen molar-refractivity contribution < 1.29 is 9.32 Å². The van der Waals surface area contributed by atoms with Crippen LogP contribution >= 0.6 is 12.6 Å². The molecule has 1 rings (SSSR count). The number of carbonyl (C=O) groups excluding carboxylic acids is 1. The van der Waals surface area contributed by atoms with E-state index in [1.165, 1.54) is 0 Å². The van der Waals surface area contributed by atoms with Crippen LogP contribution in [-0.4, -0.2) is 16.8 Å². The monoisotopic (exact) mass is 172 g/mol. The van der Waals surface area contributed by atoms with Crippen molar-refractivity contribution >= 4 is 24.4 Å². The highest BCUT2D eigenvalue weighted by Crippen LogP contribution is 2.06. The van der Waals surface area contributed by atoms with Gasteiger partial charge in [0.05, 0.1) is 5.75 Å². The first-order valence-electron chi connectivity index (χ1n) is 3.06. The minimum absolute atomic E-state index is 0.145. The summed E-state index contributed by atoms with van der Waals surface area (Å²) in [4.78, 5) is 10.7. The second-order valence-electron chi connectivity index (χ2n) is 2.03. The van der Waals surface area contributed by atoms with Crippen molar-refractivity contribution in [3.8, 4) is 0 Å². The lowest BCUT2D eigenvalue weighted by Crippen LogP contribution is -2.12. The van der Waals surface area contributed by atoms with Crippen LogP contribution in [0.3, 0.4) is 0 Å². The molecule has 1 aromatic heterocycles. The smallest absolute Gasteiger partial charge is 0.235 e. The third kappa shape index (κ3) is 2.27. The van der Waals surface area contributed by atoms with E-state index in [1.54, 1.807) is 13.0 Å². The number of nitrogens with one attached hydrogen (secondary N) is 1. The molecule has 4 nitrogen and oxygen atoms in total. The zero-order chi connectivity index (χ0) is 8.27. The van der Waals surface area contributed by atoms with Gasteiger partial charge in [0.15, 0.2) is 5.82 Å². The molecule has 1 aromatic rings. The molecule has 1 heterocycles. The van der Waals surface area contributed by atoms with Gasteiger partial charge in [-0.25, -0.2) is 0 Å².